The summed E-state index contributed by atoms with van der Waals surface area (Å²) in [5.74, 6) is -4.74. The van der Waals surface area contributed by atoms with Crippen molar-refractivity contribution in [2.45, 2.75) is 17.7 Å². The summed E-state index contributed by atoms with van der Waals surface area (Å²) in [6, 6.07) is 12.2. The molecule has 0 bridgehead atoms. The highest BCUT2D eigenvalue weighted by molar-refractivity contribution is 5.42. The zero-order chi connectivity index (χ0) is 16.0. The van der Waals surface area contributed by atoms with Gasteiger partial charge >= 0.3 is 0 Å². The first-order valence-electron chi connectivity index (χ1n) is 6.68. The van der Waals surface area contributed by atoms with Gasteiger partial charge in [-0.1, -0.05) is 18.2 Å². The van der Waals surface area contributed by atoms with Gasteiger partial charge in [-0.05, 0) is 30.3 Å². The van der Waals surface area contributed by atoms with Gasteiger partial charge in [-0.25, -0.2) is 0 Å². The molecule has 1 aliphatic rings. The topological polar surface area (TPSA) is 99.4 Å². The lowest BCUT2D eigenvalue weighted by Gasteiger charge is -2.45. The molecule has 0 spiro atoms. The number of benzene rings is 2. The monoisotopic (exact) mass is 304 g/mol. The van der Waals surface area contributed by atoms with Gasteiger partial charge in [-0.2, -0.15) is 0 Å². The Morgan fingerprint density at radius 2 is 1.64 bits per heavy atom. The molecule has 6 heteroatoms. The fourth-order valence-corrected chi connectivity index (χ4v) is 2.52. The summed E-state index contributed by atoms with van der Waals surface area (Å²) < 4.78 is 10.4. The Bertz CT molecular complexity index is 681. The highest BCUT2D eigenvalue weighted by atomic mass is 16.7. The van der Waals surface area contributed by atoms with Crippen LogP contribution in [0, 0.1) is 0 Å². The molecule has 1 heterocycles. The predicted molar refractivity (Wildman–Crippen MR) is 76.1 cm³/mol. The Hall–Kier alpha value is -2.12. The molecule has 4 N–H and O–H groups in total. The van der Waals surface area contributed by atoms with Crippen molar-refractivity contribution in [1.82, 2.24) is 0 Å². The van der Waals surface area contributed by atoms with E-state index < -0.39 is 17.7 Å². The molecule has 6 nitrogen and oxygen atoms in total. The molecule has 0 aromatic heterocycles. The van der Waals surface area contributed by atoms with Gasteiger partial charge in [0.1, 0.15) is 17.6 Å². The highest BCUT2D eigenvalue weighted by Gasteiger charge is 2.61. The minimum absolute atomic E-state index is 0.0758. The normalized spacial score (nSPS) is 26.0. The maximum atomic E-state index is 10.7. The van der Waals surface area contributed by atoms with Crippen LogP contribution in [-0.4, -0.2) is 33.3 Å². The number of aliphatic hydroxyl groups is 4. The largest absolute Gasteiger partial charge is 0.497 e. The first-order chi connectivity index (χ1) is 10.4. The third-order valence-electron chi connectivity index (χ3n) is 3.83. The number of hydrogen-bond acceptors (Lipinski definition) is 6. The van der Waals surface area contributed by atoms with Crippen molar-refractivity contribution in [3.63, 3.8) is 0 Å². The molecule has 0 radical (unpaired) electrons. The van der Waals surface area contributed by atoms with Gasteiger partial charge < -0.3 is 29.9 Å². The summed E-state index contributed by atoms with van der Waals surface area (Å²) in [7, 11) is 1.49. The van der Waals surface area contributed by atoms with Crippen LogP contribution in [0.4, 0.5) is 0 Å². The Morgan fingerprint density at radius 1 is 1.00 bits per heavy atom. The zero-order valence-corrected chi connectivity index (χ0v) is 11.8. The number of ether oxygens (including phenoxy) is 2. The maximum absolute atomic E-state index is 10.7. The summed E-state index contributed by atoms with van der Waals surface area (Å²) in [5.41, 5.74) is 0.262. The van der Waals surface area contributed by atoms with E-state index in [2.05, 4.69) is 0 Å². The second-order valence-corrected chi connectivity index (χ2v) is 5.14. The summed E-state index contributed by atoms with van der Waals surface area (Å²) >= 11 is 0. The molecule has 3 rings (SSSR count). The van der Waals surface area contributed by atoms with Crippen molar-refractivity contribution in [2.24, 2.45) is 0 Å². The van der Waals surface area contributed by atoms with Crippen LogP contribution in [0.1, 0.15) is 17.2 Å². The number of fused-ring (bicyclic) bond motifs is 1. The third kappa shape index (κ3) is 1.97. The quantitative estimate of drug-likeness (QED) is 0.608. The molecule has 1 aliphatic heterocycles. The first kappa shape index (κ1) is 14.8. The van der Waals surface area contributed by atoms with E-state index in [0.29, 0.717) is 5.75 Å². The number of rotatable bonds is 2. The fraction of sp³-hybridized carbons (Fsp3) is 0.250. The SMILES string of the molecule is COc1ccc(C2(O)Oc3ccccc3C(O)C2(O)O)cc1. The van der Waals surface area contributed by atoms with Gasteiger partial charge in [0.25, 0.3) is 11.6 Å². The van der Waals surface area contributed by atoms with Gasteiger partial charge in [0.05, 0.1) is 7.11 Å². The van der Waals surface area contributed by atoms with Crippen molar-refractivity contribution < 1.29 is 29.9 Å². The average Bonchev–Trinajstić information content (AvgIpc) is 2.53. The molecule has 2 unspecified atom stereocenters. The van der Waals surface area contributed by atoms with Crippen molar-refractivity contribution in [3.8, 4) is 11.5 Å². The molecule has 22 heavy (non-hydrogen) atoms. The van der Waals surface area contributed by atoms with E-state index in [9.17, 15) is 20.4 Å². The molecule has 2 aromatic rings. The smallest absolute Gasteiger partial charge is 0.292 e. The van der Waals surface area contributed by atoms with E-state index in [0.717, 1.165) is 0 Å². The van der Waals surface area contributed by atoms with Crippen molar-refractivity contribution in [2.75, 3.05) is 7.11 Å². The Morgan fingerprint density at radius 3 is 2.27 bits per heavy atom. The summed E-state index contributed by atoms with van der Waals surface area (Å²) in [6.07, 6.45) is -1.73. The maximum Gasteiger partial charge on any atom is 0.292 e. The number of para-hydroxylation sites is 1. The van der Waals surface area contributed by atoms with Crippen LogP contribution in [0.25, 0.3) is 0 Å². The van der Waals surface area contributed by atoms with Crippen LogP contribution in [0.5, 0.6) is 11.5 Å². The molecule has 0 saturated carbocycles. The van der Waals surface area contributed by atoms with Crippen molar-refractivity contribution in [1.29, 1.82) is 0 Å². The molecule has 0 amide bonds. The van der Waals surface area contributed by atoms with Crippen LogP contribution < -0.4 is 9.47 Å². The lowest BCUT2D eigenvalue weighted by molar-refractivity contribution is -0.393. The minimum atomic E-state index is -2.92. The summed E-state index contributed by atoms with van der Waals surface area (Å²) in [4.78, 5) is 0. The van der Waals surface area contributed by atoms with E-state index >= 15 is 0 Å². The fourth-order valence-electron chi connectivity index (χ4n) is 2.52. The van der Waals surface area contributed by atoms with Gasteiger partial charge in [0.15, 0.2) is 0 Å². The van der Waals surface area contributed by atoms with E-state index in [1.54, 1.807) is 24.3 Å². The zero-order valence-electron chi connectivity index (χ0n) is 11.8. The molecule has 2 atom stereocenters. The molecule has 116 valence electrons. The summed E-state index contributed by atoms with van der Waals surface area (Å²) in [6.45, 7) is 0. The standard InChI is InChI=1S/C16H16O6/c1-21-11-8-6-10(7-9-11)16(20)15(18,19)14(17)12-4-2-3-5-13(12)22-16/h2-9,14,17-20H,1H3. The second-order valence-electron chi connectivity index (χ2n) is 5.14. The van der Waals surface area contributed by atoms with Gasteiger partial charge in [0.2, 0.25) is 0 Å². The number of aliphatic hydroxyl groups excluding tert-OH is 1. The first-order valence-corrected chi connectivity index (χ1v) is 6.68. The molecule has 0 saturated heterocycles. The van der Waals surface area contributed by atoms with Crippen LogP contribution in [0.15, 0.2) is 48.5 Å². The summed E-state index contributed by atoms with van der Waals surface area (Å²) in [5, 5.41) is 41.5. The molecule has 2 aromatic carbocycles. The Kier molecular flexibility index (Phi) is 3.34. The molecule has 0 aliphatic carbocycles. The lowest BCUT2D eigenvalue weighted by Crippen LogP contribution is -2.61. The van der Waals surface area contributed by atoms with Crippen LogP contribution in [0.2, 0.25) is 0 Å². The third-order valence-corrected chi connectivity index (χ3v) is 3.83. The second kappa shape index (κ2) is 4.96. The van der Waals surface area contributed by atoms with Crippen LogP contribution in [0.3, 0.4) is 0 Å². The Labute approximate surface area is 126 Å². The average molecular weight is 304 g/mol. The van der Waals surface area contributed by atoms with Crippen LogP contribution in [-0.2, 0) is 5.79 Å². The van der Waals surface area contributed by atoms with E-state index in [1.807, 2.05) is 0 Å². The van der Waals surface area contributed by atoms with E-state index in [-0.39, 0.29) is 16.9 Å². The van der Waals surface area contributed by atoms with Crippen molar-refractivity contribution >= 4 is 0 Å². The van der Waals surface area contributed by atoms with Crippen molar-refractivity contribution in [3.05, 3.63) is 59.7 Å². The van der Waals surface area contributed by atoms with Gasteiger partial charge in [-0.3, -0.25) is 0 Å². The molecule has 0 fully saturated rings. The van der Waals surface area contributed by atoms with Gasteiger partial charge in [-0.15, -0.1) is 0 Å². The lowest BCUT2D eigenvalue weighted by atomic mass is 9.86. The minimum Gasteiger partial charge on any atom is -0.497 e. The number of methoxy groups -OCH3 is 1. The molecular formula is C16H16O6. The predicted octanol–water partition coefficient (Wildman–Crippen LogP) is 0.647. The van der Waals surface area contributed by atoms with Crippen LogP contribution >= 0.6 is 0 Å². The highest BCUT2D eigenvalue weighted by Crippen LogP contribution is 2.48. The Balaban J connectivity index is 2.12. The van der Waals surface area contributed by atoms with Gasteiger partial charge in [0, 0.05) is 11.1 Å². The van der Waals surface area contributed by atoms with E-state index in [4.69, 9.17) is 9.47 Å². The molecular weight excluding hydrogens is 288 g/mol. The number of hydrogen-bond donors (Lipinski definition) is 4. The van der Waals surface area contributed by atoms with E-state index in [1.165, 1.54) is 31.4 Å².